The Kier molecular flexibility index (Phi) is 4.86. The van der Waals surface area contributed by atoms with Gasteiger partial charge in [0, 0.05) is 12.1 Å². The molecule has 0 saturated carbocycles. The van der Waals surface area contributed by atoms with Crippen LogP contribution in [0.3, 0.4) is 0 Å². The van der Waals surface area contributed by atoms with Crippen molar-refractivity contribution >= 4 is 0 Å². The fourth-order valence-corrected chi connectivity index (χ4v) is 1.32. The van der Waals surface area contributed by atoms with Crippen LogP contribution in [0.1, 0.15) is 25.3 Å². The lowest BCUT2D eigenvalue weighted by Crippen LogP contribution is -2.18. The van der Waals surface area contributed by atoms with Crippen molar-refractivity contribution in [3.63, 3.8) is 0 Å². The Balaban J connectivity index is 2.92. The topological polar surface area (TPSA) is 12.0 Å². The fraction of sp³-hybridized carbons (Fsp3) is 0.455. The van der Waals surface area contributed by atoms with Crippen LogP contribution >= 0.6 is 0 Å². The summed E-state index contributed by atoms with van der Waals surface area (Å²) in [5.41, 5.74) is -0.822. The Bertz CT molecular complexity index is 376. The van der Waals surface area contributed by atoms with E-state index in [1.807, 2.05) is 6.92 Å². The molecule has 0 bridgehead atoms. The molecule has 0 aromatic heterocycles. The Labute approximate surface area is 95.6 Å². The molecule has 96 valence electrons. The Morgan fingerprint density at radius 1 is 0.824 bits per heavy atom. The zero-order chi connectivity index (χ0) is 13.0. The van der Waals surface area contributed by atoms with Crippen molar-refractivity contribution in [2.24, 2.45) is 0 Å². The predicted molar refractivity (Wildman–Crippen MR) is 52.8 cm³/mol. The second kappa shape index (κ2) is 5.95. The molecule has 0 unspecified atom stereocenters. The van der Waals surface area contributed by atoms with Gasteiger partial charge in [0.15, 0.2) is 23.3 Å². The van der Waals surface area contributed by atoms with Gasteiger partial charge in [-0.15, -0.1) is 0 Å². The van der Waals surface area contributed by atoms with Crippen molar-refractivity contribution in [1.29, 1.82) is 0 Å². The van der Waals surface area contributed by atoms with E-state index in [4.69, 9.17) is 0 Å². The van der Waals surface area contributed by atoms with Crippen molar-refractivity contribution < 1.29 is 22.0 Å². The van der Waals surface area contributed by atoms with Crippen LogP contribution in [0, 0.1) is 29.1 Å². The standard InChI is InChI=1S/C11H12F5N/c1-2-3-4-17-5-6-7(12)9(14)11(16)10(15)8(6)13/h17H,2-5H2,1H3. The average Bonchev–Trinajstić information content (AvgIpc) is 2.33. The molecule has 17 heavy (non-hydrogen) atoms. The molecule has 0 saturated heterocycles. The van der Waals surface area contributed by atoms with Crippen LogP contribution in [-0.4, -0.2) is 6.54 Å². The highest BCUT2D eigenvalue weighted by Crippen LogP contribution is 2.22. The van der Waals surface area contributed by atoms with Crippen LogP contribution < -0.4 is 5.32 Å². The van der Waals surface area contributed by atoms with Gasteiger partial charge in [-0.3, -0.25) is 0 Å². The van der Waals surface area contributed by atoms with Crippen LogP contribution in [0.4, 0.5) is 22.0 Å². The molecule has 1 aromatic carbocycles. The first-order chi connectivity index (χ1) is 8.00. The molecule has 0 aliphatic carbocycles. The summed E-state index contributed by atoms with van der Waals surface area (Å²) in [6.07, 6.45) is 1.62. The lowest BCUT2D eigenvalue weighted by molar-refractivity contribution is 0.367. The first kappa shape index (κ1) is 13.9. The highest BCUT2D eigenvalue weighted by atomic mass is 19.2. The molecule has 0 heterocycles. The molecular weight excluding hydrogens is 241 g/mol. The summed E-state index contributed by atoms with van der Waals surface area (Å²) >= 11 is 0. The van der Waals surface area contributed by atoms with Crippen LogP contribution in [-0.2, 0) is 6.54 Å². The summed E-state index contributed by atoms with van der Waals surface area (Å²) < 4.78 is 64.6. The zero-order valence-electron chi connectivity index (χ0n) is 9.22. The van der Waals surface area contributed by atoms with E-state index in [1.54, 1.807) is 0 Å². The molecule has 0 fully saturated rings. The summed E-state index contributed by atoms with van der Waals surface area (Å²) in [7, 11) is 0. The van der Waals surface area contributed by atoms with Gasteiger partial charge in [-0.1, -0.05) is 13.3 Å². The molecular formula is C11H12F5N. The maximum atomic E-state index is 13.2. The second-order valence-corrected chi connectivity index (χ2v) is 3.58. The summed E-state index contributed by atoms with van der Waals surface area (Å²) in [6, 6.07) is 0. The SMILES string of the molecule is CCCCNCc1c(F)c(F)c(F)c(F)c1F. The van der Waals surface area contributed by atoms with Gasteiger partial charge in [0.1, 0.15) is 0 Å². The third kappa shape index (κ3) is 2.94. The Hall–Kier alpha value is -1.17. The molecule has 1 aromatic rings. The van der Waals surface area contributed by atoms with E-state index in [2.05, 4.69) is 5.32 Å². The lowest BCUT2D eigenvalue weighted by atomic mass is 10.1. The molecule has 0 aliphatic heterocycles. The van der Waals surface area contributed by atoms with Crippen molar-refractivity contribution in [3.05, 3.63) is 34.6 Å². The molecule has 0 amide bonds. The molecule has 6 heteroatoms. The largest absolute Gasteiger partial charge is 0.312 e. The molecule has 0 spiro atoms. The van der Waals surface area contributed by atoms with E-state index in [9.17, 15) is 22.0 Å². The number of unbranched alkanes of at least 4 members (excludes halogenated alkanes) is 1. The van der Waals surface area contributed by atoms with Crippen LogP contribution in [0.2, 0.25) is 0 Å². The van der Waals surface area contributed by atoms with Gasteiger partial charge in [-0.2, -0.15) is 0 Å². The number of halogens is 5. The molecule has 0 aliphatic rings. The van der Waals surface area contributed by atoms with E-state index >= 15 is 0 Å². The summed E-state index contributed by atoms with van der Waals surface area (Å²) in [6.45, 7) is 1.99. The highest BCUT2D eigenvalue weighted by molar-refractivity contribution is 5.23. The maximum absolute atomic E-state index is 13.2. The fourth-order valence-electron chi connectivity index (χ4n) is 1.32. The normalized spacial score (nSPS) is 10.9. The quantitative estimate of drug-likeness (QED) is 0.367. The van der Waals surface area contributed by atoms with Crippen LogP contribution in [0.25, 0.3) is 0 Å². The van der Waals surface area contributed by atoms with Gasteiger partial charge in [0.2, 0.25) is 5.82 Å². The molecule has 0 atom stereocenters. The van der Waals surface area contributed by atoms with Gasteiger partial charge in [0.05, 0.1) is 0 Å². The average molecular weight is 253 g/mol. The third-order valence-corrected chi connectivity index (χ3v) is 2.31. The van der Waals surface area contributed by atoms with E-state index in [0.29, 0.717) is 6.54 Å². The minimum absolute atomic E-state index is 0.383. The highest BCUT2D eigenvalue weighted by Gasteiger charge is 2.24. The smallest absolute Gasteiger partial charge is 0.200 e. The van der Waals surface area contributed by atoms with Crippen molar-refractivity contribution in [2.75, 3.05) is 6.54 Å². The van der Waals surface area contributed by atoms with E-state index in [1.165, 1.54) is 0 Å². The third-order valence-electron chi connectivity index (χ3n) is 2.31. The first-order valence-corrected chi connectivity index (χ1v) is 5.21. The monoisotopic (exact) mass is 253 g/mol. The number of nitrogens with one attached hydrogen (secondary N) is 1. The van der Waals surface area contributed by atoms with Gasteiger partial charge >= 0.3 is 0 Å². The lowest BCUT2D eigenvalue weighted by Gasteiger charge is -2.09. The van der Waals surface area contributed by atoms with Crippen LogP contribution in [0.5, 0.6) is 0 Å². The maximum Gasteiger partial charge on any atom is 0.200 e. The van der Waals surface area contributed by atoms with Crippen LogP contribution in [0.15, 0.2) is 0 Å². The van der Waals surface area contributed by atoms with Crippen molar-refractivity contribution in [3.8, 4) is 0 Å². The van der Waals surface area contributed by atoms with E-state index < -0.39 is 34.6 Å². The molecule has 1 N–H and O–H groups in total. The number of hydrogen-bond acceptors (Lipinski definition) is 1. The van der Waals surface area contributed by atoms with E-state index in [0.717, 1.165) is 12.8 Å². The van der Waals surface area contributed by atoms with Gasteiger partial charge in [-0.25, -0.2) is 22.0 Å². The minimum atomic E-state index is -2.13. The van der Waals surface area contributed by atoms with Gasteiger partial charge in [0.25, 0.3) is 0 Å². The first-order valence-electron chi connectivity index (χ1n) is 5.21. The number of hydrogen-bond donors (Lipinski definition) is 1. The van der Waals surface area contributed by atoms with Crippen molar-refractivity contribution in [1.82, 2.24) is 5.32 Å². The summed E-state index contributed by atoms with van der Waals surface area (Å²) in [4.78, 5) is 0. The molecule has 1 rings (SSSR count). The second-order valence-electron chi connectivity index (χ2n) is 3.58. The number of rotatable bonds is 5. The minimum Gasteiger partial charge on any atom is -0.312 e. The Morgan fingerprint density at radius 2 is 1.29 bits per heavy atom. The van der Waals surface area contributed by atoms with E-state index in [-0.39, 0.29) is 6.54 Å². The zero-order valence-corrected chi connectivity index (χ0v) is 9.22. The summed E-state index contributed by atoms with van der Waals surface area (Å²) in [5.74, 6) is -9.49. The van der Waals surface area contributed by atoms with Gasteiger partial charge < -0.3 is 5.32 Å². The molecule has 1 nitrogen and oxygen atoms in total. The van der Waals surface area contributed by atoms with Gasteiger partial charge in [-0.05, 0) is 13.0 Å². The predicted octanol–water partition coefficient (Wildman–Crippen LogP) is 3.27. The summed E-state index contributed by atoms with van der Waals surface area (Å²) in [5, 5.41) is 2.62. The molecule has 0 radical (unpaired) electrons. The number of benzene rings is 1. The van der Waals surface area contributed by atoms with Crippen molar-refractivity contribution in [2.45, 2.75) is 26.3 Å². The Morgan fingerprint density at radius 3 is 1.76 bits per heavy atom.